The van der Waals surface area contributed by atoms with Gasteiger partial charge < -0.3 is 18.8 Å². The van der Waals surface area contributed by atoms with E-state index >= 15 is 0 Å². The number of pyridine rings is 1. The Kier molecular flexibility index (Phi) is 6.65. The molecular weight excluding hydrogens is 436 g/mol. The number of aromatic nitrogens is 2. The standard InChI is InChI=1S/C25H28N4O5/c1-27(17-18-16-26-21-10-6-7-11-28(18)21)22(30)14-25(19-8-4-5-9-20(19)34-3)15-23(31)29(24(25)32)12-13-33-2/h4-11,16H,12-15,17H2,1-3H3/t25-/m1/s1. The molecule has 2 aromatic heterocycles. The van der Waals surface area contributed by atoms with Gasteiger partial charge in [0.1, 0.15) is 11.4 Å². The van der Waals surface area contributed by atoms with E-state index in [2.05, 4.69) is 4.98 Å². The van der Waals surface area contributed by atoms with Gasteiger partial charge in [-0.2, -0.15) is 0 Å². The maximum Gasteiger partial charge on any atom is 0.241 e. The SMILES string of the molecule is COCCN1C(=O)C[C@](CC(=O)N(C)Cc2cnc3ccccn23)(c2ccccc2OC)C1=O. The molecule has 1 fully saturated rings. The lowest BCUT2D eigenvalue weighted by Gasteiger charge is -2.30. The van der Waals surface area contributed by atoms with Gasteiger partial charge in [0, 0.05) is 38.8 Å². The summed E-state index contributed by atoms with van der Waals surface area (Å²) in [5.41, 5.74) is 0.817. The maximum atomic E-state index is 13.7. The van der Waals surface area contributed by atoms with Gasteiger partial charge in [0.15, 0.2) is 0 Å². The normalized spacial score (nSPS) is 18.0. The number of carbonyl (C=O) groups excluding carboxylic acids is 3. The van der Waals surface area contributed by atoms with E-state index < -0.39 is 11.3 Å². The molecule has 34 heavy (non-hydrogen) atoms. The molecule has 1 aromatic carbocycles. The molecule has 3 heterocycles. The number of para-hydroxylation sites is 1. The highest BCUT2D eigenvalue weighted by atomic mass is 16.5. The maximum absolute atomic E-state index is 13.7. The second kappa shape index (κ2) is 9.64. The van der Waals surface area contributed by atoms with E-state index in [4.69, 9.17) is 9.47 Å². The number of likely N-dealkylation sites (tertiary alicyclic amines) is 1. The number of amides is 3. The van der Waals surface area contributed by atoms with Crippen molar-refractivity contribution in [2.24, 2.45) is 0 Å². The number of benzene rings is 1. The summed E-state index contributed by atoms with van der Waals surface area (Å²) in [5, 5.41) is 0. The second-order valence-corrected chi connectivity index (χ2v) is 8.41. The molecule has 1 atom stereocenters. The Morgan fingerprint density at radius 1 is 1.15 bits per heavy atom. The third-order valence-corrected chi connectivity index (χ3v) is 6.32. The molecule has 9 heteroatoms. The summed E-state index contributed by atoms with van der Waals surface area (Å²) in [5.74, 6) is -0.526. The summed E-state index contributed by atoms with van der Waals surface area (Å²) in [6.07, 6.45) is 3.35. The third kappa shape index (κ3) is 4.14. The lowest BCUT2D eigenvalue weighted by molar-refractivity contribution is -0.143. The lowest BCUT2D eigenvalue weighted by Crippen LogP contribution is -2.43. The Morgan fingerprint density at radius 2 is 1.91 bits per heavy atom. The average molecular weight is 465 g/mol. The minimum atomic E-state index is -1.34. The summed E-state index contributed by atoms with van der Waals surface area (Å²) in [6.45, 7) is 0.667. The fourth-order valence-electron chi connectivity index (χ4n) is 4.52. The van der Waals surface area contributed by atoms with Crippen LogP contribution in [0.5, 0.6) is 5.75 Å². The number of fused-ring (bicyclic) bond motifs is 1. The van der Waals surface area contributed by atoms with Gasteiger partial charge >= 0.3 is 0 Å². The zero-order valence-electron chi connectivity index (χ0n) is 19.6. The average Bonchev–Trinajstić information content (AvgIpc) is 3.36. The highest BCUT2D eigenvalue weighted by Crippen LogP contribution is 2.44. The van der Waals surface area contributed by atoms with Crippen LogP contribution in [0, 0.1) is 0 Å². The Bertz CT molecular complexity index is 1220. The van der Waals surface area contributed by atoms with E-state index in [9.17, 15) is 14.4 Å². The van der Waals surface area contributed by atoms with E-state index in [0.29, 0.717) is 17.9 Å². The predicted molar refractivity (Wildman–Crippen MR) is 124 cm³/mol. The molecule has 0 unspecified atom stereocenters. The van der Waals surface area contributed by atoms with Gasteiger partial charge in [-0.15, -0.1) is 0 Å². The number of hydrogen-bond acceptors (Lipinski definition) is 6. The molecule has 0 saturated carbocycles. The summed E-state index contributed by atoms with van der Waals surface area (Å²) < 4.78 is 12.5. The fourth-order valence-corrected chi connectivity index (χ4v) is 4.52. The van der Waals surface area contributed by atoms with Gasteiger partial charge in [0.2, 0.25) is 17.7 Å². The van der Waals surface area contributed by atoms with Crippen LogP contribution in [0.25, 0.3) is 5.65 Å². The number of imidazole rings is 1. The topological polar surface area (TPSA) is 93.5 Å². The number of methoxy groups -OCH3 is 2. The number of carbonyl (C=O) groups is 3. The van der Waals surface area contributed by atoms with Crippen molar-refractivity contribution >= 4 is 23.4 Å². The highest BCUT2D eigenvalue weighted by Gasteiger charge is 2.55. The molecular formula is C25H28N4O5. The highest BCUT2D eigenvalue weighted by molar-refractivity contribution is 6.11. The molecule has 1 aliphatic heterocycles. The van der Waals surface area contributed by atoms with Crippen molar-refractivity contribution in [2.45, 2.75) is 24.8 Å². The summed E-state index contributed by atoms with van der Waals surface area (Å²) >= 11 is 0. The molecule has 0 bridgehead atoms. The Morgan fingerprint density at radius 3 is 2.68 bits per heavy atom. The molecule has 4 rings (SSSR count). The fraction of sp³-hybridized carbons (Fsp3) is 0.360. The van der Waals surface area contributed by atoms with Crippen LogP contribution in [0.15, 0.2) is 54.9 Å². The first-order valence-corrected chi connectivity index (χ1v) is 11.0. The van der Waals surface area contributed by atoms with Crippen molar-refractivity contribution < 1.29 is 23.9 Å². The van der Waals surface area contributed by atoms with E-state index in [0.717, 1.165) is 11.3 Å². The van der Waals surface area contributed by atoms with E-state index in [1.54, 1.807) is 42.4 Å². The van der Waals surface area contributed by atoms with E-state index in [1.165, 1.54) is 19.1 Å². The quantitative estimate of drug-likeness (QED) is 0.450. The van der Waals surface area contributed by atoms with Crippen molar-refractivity contribution in [3.63, 3.8) is 0 Å². The number of rotatable bonds is 9. The van der Waals surface area contributed by atoms with Gasteiger partial charge in [-0.3, -0.25) is 19.3 Å². The van der Waals surface area contributed by atoms with Gasteiger partial charge in [0.25, 0.3) is 0 Å². The predicted octanol–water partition coefficient (Wildman–Crippen LogP) is 2.03. The first kappa shape index (κ1) is 23.4. The number of hydrogen-bond donors (Lipinski definition) is 0. The van der Waals surface area contributed by atoms with Crippen molar-refractivity contribution in [1.29, 1.82) is 0 Å². The first-order valence-electron chi connectivity index (χ1n) is 11.0. The van der Waals surface area contributed by atoms with Crippen LogP contribution >= 0.6 is 0 Å². The zero-order valence-corrected chi connectivity index (χ0v) is 19.6. The molecule has 9 nitrogen and oxygen atoms in total. The molecule has 0 aliphatic carbocycles. The minimum absolute atomic E-state index is 0.106. The van der Waals surface area contributed by atoms with Gasteiger partial charge in [-0.25, -0.2) is 4.98 Å². The van der Waals surface area contributed by atoms with Crippen LogP contribution in [0.3, 0.4) is 0 Å². The third-order valence-electron chi connectivity index (χ3n) is 6.32. The van der Waals surface area contributed by atoms with E-state index in [-0.39, 0.29) is 37.8 Å². The molecule has 3 aromatic rings. The van der Waals surface area contributed by atoms with Crippen LogP contribution in [0.4, 0.5) is 0 Å². The Labute approximate surface area is 197 Å². The van der Waals surface area contributed by atoms with Crippen molar-refractivity contribution in [3.05, 3.63) is 66.1 Å². The lowest BCUT2D eigenvalue weighted by atomic mass is 9.75. The molecule has 178 valence electrons. The van der Waals surface area contributed by atoms with Crippen molar-refractivity contribution in [2.75, 3.05) is 34.4 Å². The van der Waals surface area contributed by atoms with Gasteiger partial charge in [-0.1, -0.05) is 24.3 Å². The van der Waals surface area contributed by atoms with Gasteiger partial charge in [0.05, 0.1) is 44.1 Å². The van der Waals surface area contributed by atoms with Crippen LogP contribution in [0.2, 0.25) is 0 Å². The summed E-state index contributed by atoms with van der Waals surface area (Å²) in [6, 6.07) is 12.7. The Balaban J connectivity index is 1.65. The largest absolute Gasteiger partial charge is 0.496 e. The van der Waals surface area contributed by atoms with E-state index in [1.807, 2.05) is 28.8 Å². The van der Waals surface area contributed by atoms with Crippen molar-refractivity contribution in [1.82, 2.24) is 19.2 Å². The Hall–Kier alpha value is -3.72. The zero-order chi connectivity index (χ0) is 24.3. The summed E-state index contributed by atoms with van der Waals surface area (Å²) in [7, 11) is 4.71. The van der Waals surface area contributed by atoms with Crippen LogP contribution in [0.1, 0.15) is 24.1 Å². The monoisotopic (exact) mass is 464 g/mol. The molecule has 0 radical (unpaired) electrons. The molecule has 0 N–H and O–H groups in total. The molecule has 1 aliphatic rings. The molecule has 0 spiro atoms. The van der Waals surface area contributed by atoms with Crippen LogP contribution in [-0.4, -0.2) is 71.3 Å². The molecule has 1 saturated heterocycles. The van der Waals surface area contributed by atoms with Crippen LogP contribution < -0.4 is 4.74 Å². The molecule has 3 amide bonds. The van der Waals surface area contributed by atoms with Gasteiger partial charge in [-0.05, 0) is 18.2 Å². The minimum Gasteiger partial charge on any atom is -0.496 e. The summed E-state index contributed by atoms with van der Waals surface area (Å²) in [4.78, 5) is 47.2. The first-order chi connectivity index (χ1) is 16.4. The number of ether oxygens (including phenoxy) is 2. The smallest absolute Gasteiger partial charge is 0.241 e. The van der Waals surface area contributed by atoms with Crippen LogP contribution in [-0.2, 0) is 31.1 Å². The van der Waals surface area contributed by atoms with Crippen molar-refractivity contribution in [3.8, 4) is 5.75 Å². The second-order valence-electron chi connectivity index (χ2n) is 8.41. The number of imide groups is 1. The number of nitrogens with zero attached hydrogens (tertiary/aromatic N) is 4.